The van der Waals surface area contributed by atoms with Gasteiger partial charge in [0.05, 0.1) is 0 Å². The van der Waals surface area contributed by atoms with Gasteiger partial charge in [-0.05, 0) is 18.6 Å². The number of aromatic nitrogens is 2. The number of halogens is 3. The average molecular weight is 316 g/mol. The minimum atomic E-state index is -0.659. The molecule has 0 aliphatic heterocycles. The van der Waals surface area contributed by atoms with Crippen LogP contribution in [0, 0.1) is 11.6 Å². The molecule has 6 heteroatoms. The fraction of sp³-hybridized carbons (Fsp3) is 0.250. The van der Waals surface area contributed by atoms with Crippen molar-refractivity contribution in [3.8, 4) is 0 Å². The van der Waals surface area contributed by atoms with Gasteiger partial charge in [-0.1, -0.05) is 22.9 Å². The number of anilines is 2. The second-order valence-electron chi connectivity index (χ2n) is 3.81. The van der Waals surface area contributed by atoms with Crippen LogP contribution in [0.5, 0.6) is 0 Å². The molecule has 0 atom stereocenters. The molecule has 0 radical (unpaired) electrons. The number of imidazole rings is 1. The predicted molar refractivity (Wildman–Crippen MR) is 69.9 cm³/mol. The molecule has 1 heterocycles. The van der Waals surface area contributed by atoms with Crippen LogP contribution in [0.3, 0.4) is 0 Å². The van der Waals surface area contributed by atoms with Gasteiger partial charge in [-0.2, -0.15) is 0 Å². The van der Waals surface area contributed by atoms with E-state index in [1.165, 1.54) is 12.1 Å². The van der Waals surface area contributed by atoms with Crippen LogP contribution in [0.4, 0.5) is 20.4 Å². The van der Waals surface area contributed by atoms with E-state index < -0.39 is 11.6 Å². The standard InChI is InChI=1S/C12H12BrF2N3/c1-2-4-18-5-3-16-12(18)17-11-9(14)6-8(13)7-10(11)15/h3,5-7H,2,4H2,1H3,(H,16,17). The summed E-state index contributed by atoms with van der Waals surface area (Å²) in [6.07, 6.45) is 4.27. The highest BCUT2D eigenvalue weighted by atomic mass is 79.9. The molecule has 0 amide bonds. The van der Waals surface area contributed by atoms with Gasteiger partial charge >= 0.3 is 0 Å². The van der Waals surface area contributed by atoms with Crippen LogP contribution >= 0.6 is 15.9 Å². The highest BCUT2D eigenvalue weighted by molar-refractivity contribution is 9.10. The Bertz CT molecular complexity index is 531. The number of hydrogen-bond donors (Lipinski definition) is 1. The van der Waals surface area contributed by atoms with Gasteiger partial charge in [0.25, 0.3) is 0 Å². The lowest BCUT2D eigenvalue weighted by molar-refractivity contribution is 0.587. The summed E-state index contributed by atoms with van der Waals surface area (Å²) in [5, 5.41) is 2.68. The van der Waals surface area contributed by atoms with Gasteiger partial charge in [0, 0.05) is 23.4 Å². The molecular formula is C12H12BrF2N3. The zero-order chi connectivity index (χ0) is 13.1. The van der Waals surface area contributed by atoms with Gasteiger partial charge in [-0.15, -0.1) is 0 Å². The Morgan fingerprint density at radius 3 is 2.61 bits per heavy atom. The van der Waals surface area contributed by atoms with Gasteiger partial charge in [0.15, 0.2) is 11.6 Å². The number of hydrogen-bond acceptors (Lipinski definition) is 2. The van der Waals surface area contributed by atoms with Crippen molar-refractivity contribution >= 4 is 27.6 Å². The van der Waals surface area contributed by atoms with Crippen LogP contribution in [-0.4, -0.2) is 9.55 Å². The van der Waals surface area contributed by atoms with E-state index in [4.69, 9.17) is 0 Å². The van der Waals surface area contributed by atoms with Crippen molar-refractivity contribution in [2.75, 3.05) is 5.32 Å². The van der Waals surface area contributed by atoms with Crippen LogP contribution in [0.15, 0.2) is 29.0 Å². The lowest BCUT2D eigenvalue weighted by atomic mass is 10.3. The van der Waals surface area contributed by atoms with E-state index in [0.29, 0.717) is 10.4 Å². The fourth-order valence-corrected chi connectivity index (χ4v) is 2.03. The molecule has 2 aromatic rings. The monoisotopic (exact) mass is 315 g/mol. The minimum absolute atomic E-state index is 0.193. The van der Waals surface area contributed by atoms with E-state index in [1.54, 1.807) is 17.0 Å². The first-order valence-electron chi connectivity index (χ1n) is 5.54. The van der Waals surface area contributed by atoms with Gasteiger partial charge in [0.2, 0.25) is 5.95 Å². The molecule has 1 N–H and O–H groups in total. The molecule has 0 saturated carbocycles. The Morgan fingerprint density at radius 2 is 2.00 bits per heavy atom. The molecule has 1 aromatic heterocycles. The second-order valence-corrected chi connectivity index (χ2v) is 4.73. The van der Waals surface area contributed by atoms with E-state index in [-0.39, 0.29) is 5.69 Å². The third kappa shape index (κ3) is 2.69. The Labute approximate surface area is 112 Å². The van der Waals surface area contributed by atoms with E-state index >= 15 is 0 Å². The van der Waals surface area contributed by atoms with Crippen molar-refractivity contribution in [1.29, 1.82) is 0 Å². The lowest BCUT2D eigenvalue weighted by Crippen LogP contribution is -2.05. The van der Waals surface area contributed by atoms with Crippen molar-refractivity contribution in [1.82, 2.24) is 9.55 Å². The Morgan fingerprint density at radius 1 is 1.33 bits per heavy atom. The first kappa shape index (κ1) is 13.0. The van der Waals surface area contributed by atoms with Crippen LogP contribution in [0.25, 0.3) is 0 Å². The van der Waals surface area contributed by atoms with E-state index in [0.717, 1.165) is 13.0 Å². The molecule has 0 bridgehead atoms. The molecule has 0 unspecified atom stereocenters. The van der Waals surface area contributed by atoms with Gasteiger partial charge in [-0.3, -0.25) is 0 Å². The molecule has 0 saturated heterocycles. The normalized spacial score (nSPS) is 10.7. The van der Waals surface area contributed by atoms with E-state index in [1.807, 2.05) is 6.92 Å². The molecule has 0 fully saturated rings. The quantitative estimate of drug-likeness (QED) is 0.921. The third-order valence-electron chi connectivity index (χ3n) is 2.42. The predicted octanol–water partition coefficient (Wildman–Crippen LogP) is 4.08. The zero-order valence-corrected chi connectivity index (χ0v) is 11.3. The number of nitrogens with one attached hydrogen (secondary N) is 1. The highest BCUT2D eigenvalue weighted by Crippen LogP contribution is 2.26. The van der Waals surface area contributed by atoms with Crippen molar-refractivity contribution < 1.29 is 8.78 Å². The fourth-order valence-electron chi connectivity index (χ4n) is 1.63. The van der Waals surface area contributed by atoms with Crippen LogP contribution < -0.4 is 5.32 Å². The van der Waals surface area contributed by atoms with E-state index in [2.05, 4.69) is 26.2 Å². The van der Waals surface area contributed by atoms with Crippen LogP contribution in [0.1, 0.15) is 13.3 Å². The SMILES string of the molecule is CCCn1ccnc1Nc1c(F)cc(Br)cc1F. The first-order valence-corrected chi connectivity index (χ1v) is 6.33. The first-order chi connectivity index (χ1) is 8.61. The molecule has 1 aromatic carbocycles. The molecule has 18 heavy (non-hydrogen) atoms. The molecule has 0 aliphatic carbocycles. The summed E-state index contributed by atoms with van der Waals surface area (Å²) in [4.78, 5) is 4.04. The molecule has 3 nitrogen and oxygen atoms in total. The topological polar surface area (TPSA) is 29.9 Å². The molecule has 2 rings (SSSR count). The lowest BCUT2D eigenvalue weighted by Gasteiger charge is -2.10. The summed E-state index contributed by atoms with van der Waals surface area (Å²) in [5.74, 6) is -0.891. The maximum Gasteiger partial charge on any atom is 0.207 e. The highest BCUT2D eigenvalue weighted by Gasteiger charge is 2.12. The van der Waals surface area contributed by atoms with Crippen LogP contribution in [0.2, 0.25) is 0 Å². The molecular weight excluding hydrogens is 304 g/mol. The average Bonchev–Trinajstić information content (AvgIpc) is 2.71. The number of rotatable bonds is 4. The molecule has 0 spiro atoms. The summed E-state index contributed by atoms with van der Waals surface area (Å²) in [6.45, 7) is 2.76. The summed E-state index contributed by atoms with van der Waals surface area (Å²) >= 11 is 3.04. The Kier molecular flexibility index (Phi) is 3.96. The third-order valence-corrected chi connectivity index (χ3v) is 2.88. The van der Waals surface area contributed by atoms with Gasteiger partial charge in [-0.25, -0.2) is 13.8 Å². The number of aryl methyl sites for hydroxylation is 1. The summed E-state index contributed by atoms with van der Waals surface area (Å²) in [6, 6.07) is 2.41. The molecule has 96 valence electrons. The van der Waals surface area contributed by atoms with Crippen molar-refractivity contribution in [2.24, 2.45) is 0 Å². The van der Waals surface area contributed by atoms with Crippen molar-refractivity contribution in [3.63, 3.8) is 0 Å². The van der Waals surface area contributed by atoms with Crippen molar-refractivity contribution in [3.05, 3.63) is 40.6 Å². The smallest absolute Gasteiger partial charge is 0.207 e. The molecule has 0 aliphatic rings. The maximum atomic E-state index is 13.7. The van der Waals surface area contributed by atoms with Gasteiger partial charge in [0.1, 0.15) is 5.69 Å². The summed E-state index contributed by atoms with van der Waals surface area (Å²) < 4.78 is 29.5. The summed E-state index contributed by atoms with van der Waals surface area (Å²) in [5.41, 5.74) is -0.193. The van der Waals surface area contributed by atoms with E-state index in [9.17, 15) is 8.78 Å². The number of benzene rings is 1. The summed E-state index contributed by atoms with van der Waals surface area (Å²) in [7, 11) is 0. The van der Waals surface area contributed by atoms with Crippen molar-refractivity contribution in [2.45, 2.75) is 19.9 Å². The second kappa shape index (κ2) is 5.48. The largest absolute Gasteiger partial charge is 0.321 e. The number of nitrogens with zero attached hydrogens (tertiary/aromatic N) is 2. The maximum absolute atomic E-state index is 13.7. The zero-order valence-electron chi connectivity index (χ0n) is 9.75. The van der Waals surface area contributed by atoms with Gasteiger partial charge < -0.3 is 9.88 Å². The minimum Gasteiger partial charge on any atom is -0.321 e. The van der Waals surface area contributed by atoms with Crippen LogP contribution in [-0.2, 0) is 6.54 Å². The Balaban J connectivity index is 2.31. The Hall–Kier alpha value is -1.43.